The van der Waals surface area contributed by atoms with Crippen molar-refractivity contribution in [2.75, 3.05) is 6.61 Å². The van der Waals surface area contributed by atoms with Gasteiger partial charge in [0.1, 0.15) is 11.7 Å². The minimum atomic E-state index is -1.42. The third-order valence-corrected chi connectivity index (χ3v) is 5.64. The summed E-state index contributed by atoms with van der Waals surface area (Å²) in [7, 11) is 0. The molecule has 0 spiro atoms. The molecular formula is C24H40O6. The van der Waals surface area contributed by atoms with Gasteiger partial charge in [0.05, 0.1) is 12.7 Å². The lowest BCUT2D eigenvalue weighted by molar-refractivity contribution is -0.176. The fourth-order valence-electron chi connectivity index (χ4n) is 3.93. The Kier molecular flexibility index (Phi) is 13.6. The number of hydrogen-bond acceptors (Lipinski definition) is 5. The first kappa shape index (κ1) is 26.5. The highest BCUT2D eigenvalue weighted by molar-refractivity contribution is 5.83. The first-order valence-corrected chi connectivity index (χ1v) is 11.4. The standard InChI is InChI=1S/C24H40O6/c1-3-4-5-6-7-9-12-19-15-16-22(26)20(19)13-10-8-11-14-21(23(27)28)24(29)30-17-18(2)25/h4-5,9,12,18-21,24-25,29H,3,6-8,10-11,13-17H2,1-2H3,(H,27,28)/t18?,19-,20+,21?,24?/m0/s1. The topological polar surface area (TPSA) is 104 Å². The van der Waals surface area contributed by atoms with E-state index in [1.165, 1.54) is 6.92 Å². The molecule has 5 atom stereocenters. The summed E-state index contributed by atoms with van der Waals surface area (Å²) in [5.74, 6) is -1.34. The number of hydrogen-bond donors (Lipinski definition) is 3. The molecule has 0 aromatic rings. The SMILES string of the molecule is CCC=CCCC=C[C@H]1CCC(=O)[C@@H]1CCCCCC(C(=O)O)C(O)OCC(C)O. The molecule has 0 heterocycles. The van der Waals surface area contributed by atoms with Crippen LogP contribution in [0.5, 0.6) is 0 Å². The number of ketones is 1. The summed E-state index contributed by atoms with van der Waals surface area (Å²) in [5, 5.41) is 28.4. The molecule has 6 nitrogen and oxygen atoms in total. The maximum atomic E-state index is 12.2. The highest BCUT2D eigenvalue weighted by Crippen LogP contribution is 2.34. The number of allylic oxidation sites excluding steroid dienone is 4. The van der Waals surface area contributed by atoms with Crippen LogP contribution in [-0.2, 0) is 14.3 Å². The second kappa shape index (κ2) is 15.3. The molecule has 30 heavy (non-hydrogen) atoms. The first-order valence-electron chi connectivity index (χ1n) is 11.4. The zero-order chi connectivity index (χ0) is 22.4. The van der Waals surface area contributed by atoms with Crippen LogP contribution in [0.25, 0.3) is 0 Å². The molecule has 1 rings (SSSR count). The summed E-state index contributed by atoms with van der Waals surface area (Å²) in [6.07, 6.45) is 14.8. The van der Waals surface area contributed by atoms with Crippen LogP contribution in [0.2, 0.25) is 0 Å². The monoisotopic (exact) mass is 424 g/mol. The maximum absolute atomic E-state index is 12.2. The highest BCUT2D eigenvalue weighted by atomic mass is 16.6. The third-order valence-electron chi connectivity index (χ3n) is 5.64. The Morgan fingerprint density at radius 2 is 1.90 bits per heavy atom. The van der Waals surface area contributed by atoms with Crippen LogP contribution in [0.15, 0.2) is 24.3 Å². The van der Waals surface area contributed by atoms with Gasteiger partial charge in [0.2, 0.25) is 0 Å². The average molecular weight is 425 g/mol. The molecule has 6 heteroatoms. The van der Waals surface area contributed by atoms with E-state index in [2.05, 4.69) is 31.2 Å². The van der Waals surface area contributed by atoms with Crippen LogP contribution < -0.4 is 0 Å². The van der Waals surface area contributed by atoms with E-state index >= 15 is 0 Å². The van der Waals surface area contributed by atoms with Gasteiger partial charge in [0.25, 0.3) is 0 Å². The predicted octanol–water partition coefficient (Wildman–Crippen LogP) is 4.25. The van der Waals surface area contributed by atoms with Crippen molar-refractivity contribution in [3.8, 4) is 0 Å². The fraction of sp³-hybridized carbons (Fsp3) is 0.750. The van der Waals surface area contributed by atoms with Gasteiger partial charge in [0, 0.05) is 12.3 Å². The lowest BCUT2D eigenvalue weighted by Gasteiger charge is -2.20. The van der Waals surface area contributed by atoms with Crippen molar-refractivity contribution in [2.24, 2.45) is 17.8 Å². The second-order valence-electron chi connectivity index (χ2n) is 8.32. The number of carbonyl (C=O) groups is 2. The number of carboxylic acid groups (broad SMARTS) is 1. The van der Waals surface area contributed by atoms with Gasteiger partial charge in [-0.05, 0) is 51.4 Å². The molecule has 0 bridgehead atoms. The summed E-state index contributed by atoms with van der Waals surface area (Å²) in [4.78, 5) is 23.6. The summed E-state index contributed by atoms with van der Waals surface area (Å²) in [6, 6.07) is 0. The number of carbonyl (C=O) groups excluding carboxylic acids is 1. The third kappa shape index (κ3) is 10.5. The van der Waals surface area contributed by atoms with Crippen molar-refractivity contribution in [3.05, 3.63) is 24.3 Å². The van der Waals surface area contributed by atoms with Crippen molar-refractivity contribution in [1.29, 1.82) is 0 Å². The predicted molar refractivity (Wildman–Crippen MR) is 117 cm³/mol. The van der Waals surface area contributed by atoms with Crippen LogP contribution in [-0.4, -0.2) is 46.1 Å². The quantitative estimate of drug-likeness (QED) is 0.194. The van der Waals surface area contributed by atoms with Crippen molar-refractivity contribution >= 4 is 11.8 Å². The maximum Gasteiger partial charge on any atom is 0.311 e. The van der Waals surface area contributed by atoms with Gasteiger partial charge in [0.15, 0.2) is 6.29 Å². The molecule has 0 radical (unpaired) electrons. The number of aliphatic hydroxyl groups excluding tert-OH is 2. The van der Waals surface area contributed by atoms with Crippen LogP contribution in [0.3, 0.4) is 0 Å². The number of ether oxygens (including phenoxy) is 1. The lowest BCUT2D eigenvalue weighted by Crippen LogP contribution is -2.32. The zero-order valence-electron chi connectivity index (χ0n) is 18.5. The second-order valence-corrected chi connectivity index (χ2v) is 8.32. The molecule has 1 aliphatic carbocycles. The fourth-order valence-corrected chi connectivity index (χ4v) is 3.93. The van der Waals surface area contributed by atoms with Crippen LogP contribution in [0.4, 0.5) is 0 Å². The molecule has 0 aromatic carbocycles. The van der Waals surface area contributed by atoms with Gasteiger partial charge in [-0.15, -0.1) is 0 Å². The van der Waals surface area contributed by atoms with E-state index in [1.807, 2.05) is 0 Å². The molecule has 0 amide bonds. The summed E-state index contributed by atoms with van der Waals surface area (Å²) in [6.45, 7) is 3.54. The van der Waals surface area contributed by atoms with E-state index in [4.69, 9.17) is 4.74 Å². The van der Waals surface area contributed by atoms with Gasteiger partial charge in [-0.3, -0.25) is 9.59 Å². The van der Waals surface area contributed by atoms with Crippen LogP contribution in [0, 0.1) is 17.8 Å². The first-order chi connectivity index (χ1) is 14.4. The van der Waals surface area contributed by atoms with E-state index < -0.39 is 24.3 Å². The van der Waals surface area contributed by atoms with Crippen molar-refractivity contribution in [1.82, 2.24) is 0 Å². The Hall–Kier alpha value is -1.50. The smallest absolute Gasteiger partial charge is 0.311 e. The van der Waals surface area contributed by atoms with Gasteiger partial charge < -0.3 is 20.1 Å². The van der Waals surface area contributed by atoms with E-state index in [9.17, 15) is 24.9 Å². The molecule has 0 aliphatic heterocycles. The number of carboxylic acids is 1. The largest absolute Gasteiger partial charge is 0.481 e. The Balaban J connectivity index is 2.34. The Labute approximate surface area is 181 Å². The number of aliphatic hydroxyl groups is 2. The Morgan fingerprint density at radius 1 is 1.17 bits per heavy atom. The Bertz CT molecular complexity index is 554. The van der Waals surface area contributed by atoms with Crippen molar-refractivity contribution < 1.29 is 29.6 Å². The van der Waals surface area contributed by atoms with E-state index in [0.717, 1.165) is 44.9 Å². The number of rotatable bonds is 16. The molecule has 3 unspecified atom stereocenters. The van der Waals surface area contributed by atoms with E-state index in [-0.39, 0.29) is 12.5 Å². The lowest BCUT2D eigenvalue weighted by atomic mass is 9.89. The van der Waals surface area contributed by atoms with Crippen molar-refractivity contribution in [3.63, 3.8) is 0 Å². The van der Waals surface area contributed by atoms with Crippen molar-refractivity contribution in [2.45, 2.75) is 90.4 Å². The molecule has 172 valence electrons. The van der Waals surface area contributed by atoms with Gasteiger partial charge in [-0.25, -0.2) is 0 Å². The molecule has 1 fully saturated rings. The molecule has 0 aromatic heterocycles. The molecule has 1 aliphatic rings. The number of aliphatic carboxylic acids is 1. The van der Waals surface area contributed by atoms with E-state index in [0.29, 0.717) is 31.0 Å². The van der Waals surface area contributed by atoms with Crippen LogP contribution >= 0.6 is 0 Å². The van der Waals surface area contributed by atoms with Gasteiger partial charge >= 0.3 is 5.97 Å². The zero-order valence-corrected chi connectivity index (χ0v) is 18.5. The highest BCUT2D eigenvalue weighted by Gasteiger charge is 2.32. The van der Waals surface area contributed by atoms with Gasteiger partial charge in [-0.2, -0.15) is 0 Å². The molecule has 3 N–H and O–H groups in total. The molecule has 1 saturated carbocycles. The number of unbranched alkanes of at least 4 members (excludes halogenated alkanes) is 3. The van der Waals surface area contributed by atoms with E-state index in [1.54, 1.807) is 0 Å². The van der Waals surface area contributed by atoms with Crippen LogP contribution in [0.1, 0.15) is 78.1 Å². The van der Waals surface area contributed by atoms with Gasteiger partial charge in [-0.1, -0.05) is 50.5 Å². The molecule has 0 saturated heterocycles. The normalized spacial score (nSPS) is 22.7. The average Bonchev–Trinajstić information content (AvgIpc) is 3.04. The summed E-state index contributed by atoms with van der Waals surface area (Å²) >= 11 is 0. The Morgan fingerprint density at radius 3 is 2.57 bits per heavy atom. The minimum absolute atomic E-state index is 0.0858. The summed E-state index contributed by atoms with van der Waals surface area (Å²) < 4.78 is 5.03. The molecular weight excluding hydrogens is 384 g/mol. The minimum Gasteiger partial charge on any atom is -0.481 e. The summed E-state index contributed by atoms with van der Waals surface area (Å²) in [5.41, 5.74) is 0. The number of Topliss-reactive ketones (excluding diaryl/α,β-unsaturated/α-hetero) is 1.